The number of nitrogens with zero attached hydrogens (tertiary/aromatic N) is 3. The maximum absolute atomic E-state index is 14.4. The van der Waals surface area contributed by atoms with E-state index in [1.807, 2.05) is 19.9 Å². The van der Waals surface area contributed by atoms with E-state index in [-0.39, 0.29) is 23.2 Å². The van der Waals surface area contributed by atoms with Gasteiger partial charge in [0.2, 0.25) is 5.95 Å². The molecule has 1 aliphatic rings. The molecule has 34 heavy (non-hydrogen) atoms. The van der Waals surface area contributed by atoms with Crippen LogP contribution in [0.15, 0.2) is 48.8 Å². The molecule has 3 heterocycles. The predicted octanol–water partition coefficient (Wildman–Crippen LogP) is 3.14. The molecule has 1 fully saturated rings. The Hall–Kier alpha value is -3.37. The first-order valence-electron chi connectivity index (χ1n) is 11.0. The predicted molar refractivity (Wildman–Crippen MR) is 122 cm³/mol. The van der Waals surface area contributed by atoms with Crippen molar-refractivity contribution in [3.63, 3.8) is 0 Å². The quantitative estimate of drug-likeness (QED) is 0.525. The molecule has 2 N–H and O–H groups in total. The third kappa shape index (κ3) is 6.15. The molecule has 8 nitrogen and oxygen atoms in total. The van der Waals surface area contributed by atoms with Gasteiger partial charge in [-0.05, 0) is 50.1 Å². The third-order valence-electron chi connectivity index (χ3n) is 5.43. The van der Waals surface area contributed by atoms with E-state index in [0.717, 1.165) is 5.56 Å². The molecule has 3 aromatic rings. The van der Waals surface area contributed by atoms with E-state index in [9.17, 15) is 13.6 Å². The van der Waals surface area contributed by atoms with Gasteiger partial charge in [0.05, 0.1) is 36.2 Å². The third-order valence-corrected chi connectivity index (χ3v) is 5.43. The minimum Gasteiger partial charge on any atom is -0.352 e. The van der Waals surface area contributed by atoms with Crippen LogP contribution in [0.5, 0.6) is 0 Å². The van der Waals surface area contributed by atoms with E-state index in [0.29, 0.717) is 44.0 Å². The highest BCUT2D eigenvalue weighted by molar-refractivity contribution is 5.94. The SMILES string of the molecule is CC1(C)OCC(CNC(=O)c2ccc(-c3cn(NCCc4cccc(F)c4)nc3F)nc2)CO1. The van der Waals surface area contributed by atoms with Gasteiger partial charge in [-0.3, -0.25) is 9.78 Å². The lowest BCUT2D eigenvalue weighted by molar-refractivity contribution is -0.261. The summed E-state index contributed by atoms with van der Waals surface area (Å²) in [6, 6.07) is 9.46. The number of ether oxygens (including phenoxy) is 2. The lowest BCUT2D eigenvalue weighted by atomic mass is 10.1. The molecular formula is C24H27F2N5O3. The van der Waals surface area contributed by atoms with Crippen molar-refractivity contribution in [3.8, 4) is 11.3 Å². The Balaban J connectivity index is 1.30. The molecule has 180 valence electrons. The largest absolute Gasteiger partial charge is 0.352 e. The van der Waals surface area contributed by atoms with E-state index in [4.69, 9.17) is 9.47 Å². The molecule has 4 rings (SSSR count). The first-order valence-corrected chi connectivity index (χ1v) is 11.0. The van der Waals surface area contributed by atoms with Gasteiger partial charge in [0.25, 0.3) is 5.91 Å². The number of halogens is 2. The number of carbonyl (C=O) groups is 1. The molecule has 10 heteroatoms. The van der Waals surface area contributed by atoms with Gasteiger partial charge in [-0.25, -0.2) is 4.39 Å². The van der Waals surface area contributed by atoms with Crippen LogP contribution >= 0.6 is 0 Å². The Morgan fingerprint density at radius 1 is 1.21 bits per heavy atom. The number of nitrogens with one attached hydrogen (secondary N) is 2. The maximum atomic E-state index is 14.4. The van der Waals surface area contributed by atoms with Crippen LogP contribution in [0.3, 0.4) is 0 Å². The summed E-state index contributed by atoms with van der Waals surface area (Å²) in [7, 11) is 0. The Morgan fingerprint density at radius 2 is 2.00 bits per heavy atom. The molecule has 2 aromatic heterocycles. The normalized spacial score (nSPS) is 15.8. The number of pyridine rings is 1. The zero-order chi connectivity index (χ0) is 24.1. The van der Waals surface area contributed by atoms with Crippen molar-refractivity contribution >= 4 is 5.91 Å². The highest BCUT2D eigenvalue weighted by Crippen LogP contribution is 2.21. The molecule has 1 saturated heterocycles. The van der Waals surface area contributed by atoms with E-state index >= 15 is 0 Å². The smallest absolute Gasteiger partial charge is 0.252 e. The van der Waals surface area contributed by atoms with Gasteiger partial charge in [0, 0.05) is 25.2 Å². The minimum atomic E-state index is -0.692. The maximum Gasteiger partial charge on any atom is 0.252 e. The number of hydrogen-bond donors (Lipinski definition) is 2. The topological polar surface area (TPSA) is 90.3 Å². The second-order valence-electron chi connectivity index (χ2n) is 8.60. The highest BCUT2D eigenvalue weighted by atomic mass is 19.1. The zero-order valence-electron chi connectivity index (χ0n) is 19.1. The van der Waals surface area contributed by atoms with Gasteiger partial charge in [0.15, 0.2) is 5.79 Å². The van der Waals surface area contributed by atoms with Gasteiger partial charge in [-0.1, -0.05) is 12.1 Å². The van der Waals surface area contributed by atoms with Gasteiger partial charge in [-0.2, -0.15) is 9.18 Å². The molecule has 0 saturated carbocycles. The van der Waals surface area contributed by atoms with Gasteiger partial charge in [-0.15, -0.1) is 5.10 Å². The molecule has 0 spiro atoms. The minimum absolute atomic E-state index is 0.0672. The summed E-state index contributed by atoms with van der Waals surface area (Å²) in [5.41, 5.74) is 4.69. The first-order chi connectivity index (χ1) is 16.3. The molecule has 0 radical (unpaired) electrons. The number of aromatic nitrogens is 3. The van der Waals surface area contributed by atoms with Crippen molar-refractivity contribution in [2.24, 2.45) is 5.92 Å². The molecule has 0 atom stereocenters. The van der Waals surface area contributed by atoms with E-state index in [1.54, 1.807) is 18.2 Å². The van der Waals surface area contributed by atoms with Gasteiger partial charge < -0.3 is 20.2 Å². The molecular weight excluding hydrogens is 444 g/mol. The molecule has 0 aliphatic carbocycles. The van der Waals surface area contributed by atoms with Crippen molar-refractivity contribution in [1.29, 1.82) is 0 Å². The van der Waals surface area contributed by atoms with E-state index in [2.05, 4.69) is 20.8 Å². The van der Waals surface area contributed by atoms with Crippen LogP contribution in [0, 0.1) is 17.7 Å². The Labute approximate surface area is 196 Å². The van der Waals surface area contributed by atoms with Crippen molar-refractivity contribution in [2.45, 2.75) is 26.1 Å². The monoisotopic (exact) mass is 471 g/mol. The summed E-state index contributed by atoms with van der Waals surface area (Å²) in [5, 5.41) is 6.65. The summed E-state index contributed by atoms with van der Waals surface area (Å²) in [6.45, 7) is 5.56. The number of amides is 1. The molecule has 0 bridgehead atoms. The zero-order valence-corrected chi connectivity index (χ0v) is 19.1. The summed E-state index contributed by atoms with van der Waals surface area (Å²) < 4.78 is 38.8. The van der Waals surface area contributed by atoms with E-state index in [1.165, 1.54) is 29.3 Å². The molecule has 1 amide bonds. The number of rotatable bonds is 8. The number of carbonyl (C=O) groups excluding carboxylic acids is 1. The summed E-state index contributed by atoms with van der Waals surface area (Å²) in [5.74, 6) is -1.80. The van der Waals surface area contributed by atoms with Crippen molar-refractivity contribution in [2.75, 3.05) is 31.7 Å². The Kier molecular flexibility index (Phi) is 7.18. The summed E-state index contributed by atoms with van der Waals surface area (Å²) >= 11 is 0. The van der Waals surface area contributed by atoms with Gasteiger partial charge in [0.1, 0.15) is 5.82 Å². The van der Waals surface area contributed by atoms with Crippen molar-refractivity contribution in [1.82, 2.24) is 20.2 Å². The fraction of sp³-hybridized carbons (Fsp3) is 0.375. The second kappa shape index (κ2) is 10.3. The van der Waals surface area contributed by atoms with Gasteiger partial charge >= 0.3 is 0 Å². The van der Waals surface area contributed by atoms with Crippen LogP contribution in [0.2, 0.25) is 0 Å². The Bertz CT molecular complexity index is 1120. The van der Waals surface area contributed by atoms with Crippen LogP contribution in [0.4, 0.5) is 8.78 Å². The average molecular weight is 472 g/mol. The lowest BCUT2D eigenvalue weighted by Crippen LogP contribution is -2.43. The van der Waals surface area contributed by atoms with Crippen LogP contribution in [0.25, 0.3) is 11.3 Å². The van der Waals surface area contributed by atoms with Crippen LogP contribution in [-0.4, -0.2) is 52.9 Å². The van der Waals surface area contributed by atoms with Crippen LogP contribution in [-0.2, 0) is 15.9 Å². The van der Waals surface area contributed by atoms with Crippen LogP contribution < -0.4 is 10.7 Å². The fourth-order valence-electron chi connectivity index (χ4n) is 3.48. The standard InChI is InChI=1S/C24H27F2N5O3/c1-24(2)33-14-17(15-34-24)11-28-23(32)18-6-7-21(27-12-18)20-13-31(30-22(20)26)29-9-8-16-4-3-5-19(25)10-16/h3-7,10,12-13,17,29H,8-9,11,14-15H2,1-2H3,(H,28,32). The van der Waals surface area contributed by atoms with Crippen LogP contribution in [0.1, 0.15) is 29.8 Å². The molecule has 0 unspecified atom stereocenters. The lowest BCUT2D eigenvalue weighted by Gasteiger charge is -2.34. The number of benzene rings is 1. The molecule has 1 aliphatic heterocycles. The molecule has 1 aromatic carbocycles. The highest BCUT2D eigenvalue weighted by Gasteiger charge is 2.28. The Morgan fingerprint density at radius 3 is 2.71 bits per heavy atom. The fourth-order valence-corrected chi connectivity index (χ4v) is 3.48. The number of hydrogen-bond acceptors (Lipinski definition) is 6. The van der Waals surface area contributed by atoms with Crippen molar-refractivity contribution in [3.05, 3.63) is 71.7 Å². The van der Waals surface area contributed by atoms with E-state index < -0.39 is 11.7 Å². The summed E-state index contributed by atoms with van der Waals surface area (Å²) in [4.78, 5) is 17.9. The average Bonchev–Trinajstić information content (AvgIpc) is 3.18. The van der Waals surface area contributed by atoms with Crippen molar-refractivity contribution < 1.29 is 23.0 Å². The summed E-state index contributed by atoms with van der Waals surface area (Å²) in [6.07, 6.45) is 3.43. The first kappa shape index (κ1) is 23.8. The second-order valence-corrected chi connectivity index (χ2v) is 8.60.